The van der Waals surface area contributed by atoms with E-state index >= 15 is 0 Å². The van der Waals surface area contributed by atoms with Gasteiger partial charge in [-0.15, -0.1) is 0 Å². The zero-order valence-corrected chi connectivity index (χ0v) is 10.4. The molecular formula is C11H18ClN3O. The summed E-state index contributed by atoms with van der Waals surface area (Å²) in [6.45, 7) is 0.742. The number of pyridine rings is 1. The van der Waals surface area contributed by atoms with E-state index < -0.39 is 0 Å². The molecule has 0 saturated carbocycles. The van der Waals surface area contributed by atoms with Gasteiger partial charge < -0.3 is 15.8 Å². The average Bonchev–Trinajstić information content (AvgIpc) is 2.28. The third kappa shape index (κ3) is 3.63. The summed E-state index contributed by atoms with van der Waals surface area (Å²) in [7, 11) is 3.60. The Kier molecular flexibility index (Phi) is 5.52. The number of hydrogen-bond acceptors (Lipinski definition) is 4. The van der Waals surface area contributed by atoms with Gasteiger partial charge in [0, 0.05) is 31.5 Å². The molecule has 5 heteroatoms. The van der Waals surface area contributed by atoms with Gasteiger partial charge in [-0.05, 0) is 26.0 Å². The van der Waals surface area contributed by atoms with Crippen molar-refractivity contribution in [1.82, 2.24) is 10.3 Å². The Balaban J connectivity index is 2.73. The van der Waals surface area contributed by atoms with Crippen LogP contribution in [-0.2, 0) is 4.74 Å². The van der Waals surface area contributed by atoms with Crippen molar-refractivity contribution in [3.63, 3.8) is 0 Å². The summed E-state index contributed by atoms with van der Waals surface area (Å²) in [6, 6.07) is 2.03. The molecule has 16 heavy (non-hydrogen) atoms. The largest absolute Gasteiger partial charge is 0.385 e. The lowest BCUT2D eigenvalue weighted by molar-refractivity contribution is 0.189. The molecule has 0 saturated heterocycles. The van der Waals surface area contributed by atoms with Crippen LogP contribution < -0.4 is 11.1 Å². The fraction of sp³-hybridized carbons (Fsp3) is 0.545. The quantitative estimate of drug-likeness (QED) is 0.751. The van der Waals surface area contributed by atoms with Crippen LogP contribution in [-0.4, -0.2) is 25.7 Å². The number of nitrogens with one attached hydrogen (secondary N) is 1. The molecule has 0 radical (unpaired) electrons. The lowest BCUT2D eigenvalue weighted by Crippen LogP contribution is -2.18. The van der Waals surface area contributed by atoms with Gasteiger partial charge in [-0.25, -0.2) is 4.98 Å². The Morgan fingerprint density at radius 1 is 1.62 bits per heavy atom. The molecule has 1 aromatic heterocycles. The molecule has 90 valence electrons. The number of aromatic nitrogens is 1. The Hall–Kier alpha value is -0.840. The zero-order valence-electron chi connectivity index (χ0n) is 9.66. The van der Waals surface area contributed by atoms with Crippen molar-refractivity contribution in [2.75, 3.05) is 26.5 Å². The molecule has 0 aliphatic heterocycles. The Labute approximate surface area is 101 Å². The number of halogens is 1. The third-order valence-corrected chi connectivity index (χ3v) is 2.69. The van der Waals surface area contributed by atoms with E-state index in [0.717, 1.165) is 25.0 Å². The lowest BCUT2D eigenvalue weighted by atomic mass is 10.0. The highest BCUT2D eigenvalue weighted by Gasteiger charge is 2.13. The third-order valence-electron chi connectivity index (χ3n) is 2.48. The molecule has 0 aromatic carbocycles. The van der Waals surface area contributed by atoms with Gasteiger partial charge in [0.15, 0.2) is 0 Å². The molecule has 0 aliphatic carbocycles. The second-order valence-electron chi connectivity index (χ2n) is 3.60. The van der Waals surface area contributed by atoms with E-state index in [-0.39, 0.29) is 6.04 Å². The van der Waals surface area contributed by atoms with Gasteiger partial charge in [0.25, 0.3) is 0 Å². The summed E-state index contributed by atoms with van der Waals surface area (Å²) < 4.78 is 5.03. The number of nitrogens with two attached hydrogens (primary N) is 1. The molecule has 4 nitrogen and oxygen atoms in total. The van der Waals surface area contributed by atoms with Gasteiger partial charge >= 0.3 is 0 Å². The fourth-order valence-corrected chi connectivity index (χ4v) is 1.80. The molecule has 3 N–H and O–H groups in total. The van der Waals surface area contributed by atoms with Crippen LogP contribution in [0.25, 0.3) is 0 Å². The van der Waals surface area contributed by atoms with E-state index in [1.807, 2.05) is 13.1 Å². The maximum atomic E-state index is 5.91. The van der Waals surface area contributed by atoms with E-state index in [9.17, 15) is 0 Å². The molecule has 0 aliphatic rings. The van der Waals surface area contributed by atoms with Crippen LogP contribution in [0.15, 0.2) is 12.3 Å². The molecule has 1 unspecified atom stereocenters. The SMILES string of the molecule is CNC(CCCOC)c1cc(Cl)cnc1N. The van der Waals surface area contributed by atoms with Gasteiger partial charge in [0.2, 0.25) is 0 Å². The Bertz CT molecular complexity index is 333. The highest BCUT2D eigenvalue weighted by molar-refractivity contribution is 6.30. The van der Waals surface area contributed by atoms with E-state index in [1.54, 1.807) is 13.3 Å². The molecule has 0 amide bonds. The summed E-state index contributed by atoms with van der Waals surface area (Å²) in [5.41, 5.74) is 6.78. The first-order chi connectivity index (χ1) is 7.69. The highest BCUT2D eigenvalue weighted by atomic mass is 35.5. The minimum Gasteiger partial charge on any atom is -0.385 e. The van der Waals surface area contributed by atoms with Crippen molar-refractivity contribution < 1.29 is 4.74 Å². The monoisotopic (exact) mass is 243 g/mol. The maximum Gasteiger partial charge on any atom is 0.128 e. The van der Waals surface area contributed by atoms with Gasteiger partial charge in [0.1, 0.15) is 5.82 Å². The molecule has 1 atom stereocenters. The Morgan fingerprint density at radius 3 is 3.00 bits per heavy atom. The Morgan fingerprint density at radius 2 is 2.38 bits per heavy atom. The van der Waals surface area contributed by atoms with Crippen molar-refractivity contribution in [1.29, 1.82) is 0 Å². The second-order valence-corrected chi connectivity index (χ2v) is 4.04. The molecular weight excluding hydrogens is 226 g/mol. The van der Waals surface area contributed by atoms with Crippen LogP contribution in [0, 0.1) is 0 Å². The van der Waals surface area contributed by atoms with Crippen molar-refractivity contribution in [2.24, 2.45) is 0 Å². The van der Waals surface area contributed by atoms with E-state index in [4.69, 9.17) is 22.1 Å². The van der Waals surface area contributed by atoms with Crippen LogP contribution in [0.4, 0.5) is 5.82 Å². The van der Waals surface area contributed by atoms with E-state index in [1.165, 1.54) is 0 Å². The average molecular weight is 244 g/mol. The first-order valence-corrected chi connectivity index (χ1v) is 5.64. The van der Waals surface area contributed by atoms with Crippen molar-refractivity contribution in [2.45, 2.75) is 18.9 Å². The minimum absolute atomic E-state index is 0.168. The van der Waals surface area contributed by atoms with Gasteiger partial charge in [-0.1, -0.05) is 11.6 Å². The fourth-order valence-electron chi connectivity index (χ4n) is 1.63. The number of methoxy groups -OCH3 is 1. The van der Waals surface area contributed by atoms with Gasteiger partial charge in [0.05, 0.1) is 5.02 Å². The van der Waals surface area contributed by atoms with E-state index in [0.29, 0.717) is 10.8 Å². The number of nitrogens with zero attached hydrogens (tertiary/aromatic N) is 1. The number of rotatable bonds is 6. The standard InChI is InChI=1S/C11H18ClN3O/c1-14-10(4-3-5-16-2)9-6-8(12)7-15-11(9)13/h6-7,10,14H,3-5H2,1-2H3,(H2,13,15). The predicted molar refractivity (Wildman–Crippen MR) is 66.6 cm³/mol. The summed E-state index contributed by atoms with van der Waals surface area (Å²) in [6.07, 6.45) is 3.47. The summed E-state index contributed by atoms with van der Waals surface area (Å²) in [5.74, 6) is 0.529. The van der Waals surface area contributed by atoms with Crippen LogP contribution in [0.5, 0.6) is 0 Å². The maximum absolute atomic E-state index is 5.91. The molecule has 0 fully saturated rings. The van der Waals surface area contributed by atoms with Gasteiger partial charge in [-0.2, -0.15) is 0 Å². The molecule has 1 aromatic rings. The normalized spacial score (nSPS) is 12.7. The zero-order chi connectivity index (χ0) is 12.0. The molecule has 1 heterocycles. The first kappa shape index (κ1) is 13.2. The van der Waals surface area contributed by atoms with Gasteiger partial charge in [-0.3, -0.25) is 0 Å². The van der Waals surface area contributed by atoms with E-state index in [2.05, 4.69) is 10.3 Å². The van der Waals surface area contributed by atoms with Crippen LogP contribution in [0.2, 0.25) is 5.02 Å². The van der Waals surface area contributed by atoms with Crippen LogP contribution in [0.3, 0.4) is 0 Å². The number of ether oxygens (including phenoxy) is 1. The van der Waals surface area contributed by atoms with Crippen LogP contribution >= 0.6 is 11.6 Å². The summed E-state index contributed by atoms with van der Waals surface area (Å²) >= 11 is 5.91. The van der Waals surface area contributed by atoms with Crippen molar-refractivity contribution >= 4 is 17.4 Å². The molecule has 1 rings (SSSR count). The molecule has 0 bridgehead atoms. The summed E-state index contributed by atoms with van der Waals surface area (Å²) in [4.78, 5) is 4.05. The number of nitrogen functional groups attached to an aromatic ring is 1. The topological polar surface area (TPSA) is 60.2 Å². The van der Waals surface area contributed by atoms with Crippen LogP contribution in [0.1, 0.15) is 24.4 Å². The minimum atomic E-state index is 0.168. The first-order valence-electron chi connectivity index (χ1n) is 5.26. The number of anilines is 1. The van der Waals surface area contributed by atoms with Crippen molar-refractivity contribution in [3.8, 4) is 0 Å². The predicted octanol–water partition coefficient (Wildman–Crippen LogP) is 2.00. The smallest absolute Gasteiger partial charge is 0.128 e. The second kappa shape index (κ2) is 6.68. The lowest BCUT2D eigenvalue weighted by Gasteiger charge is -2.17. The van der Waals surface area contributed by atoms with Crippen molar-refractivity contribution in [3.05, 3.63) is 22.8 Å². The highest BCUT2D eigenvalue weighted by Crippen LogP contribution is 2.25. The summed E-state index contributed by atoms with van der Waals surface area (Å²) in [5, 5.41) is 3.82. The molecule has 0 spiro atoms. The number of hydrogen-bond donors (Lipinski definition) is 2.